The molecule has 0 atom stereocenters. The maximum absolute atomic E-state index is 11.9. The van der Waals surface area contributed by atoms with Gasteiger partial charge < -0.3 is 0 Å². The minimum Gasteiger partial charge on any atom is -0.284 e. The Morgan fingerprint density at radius 2 is 2.24 bits per heavy atom. The van der Waals surface area contributed by atoms with Crippen LogP contribution >= 0.6 is 0 Å². The Hall–Kier alpha value is -1.68. The van der Waals surface area contributed by atoms with E-state index >= 15 is 0 Å². The lowest BCUT2D eigenvalue weighted by Crippen LogP contribution is -2.44. The highest BCUT2D eigenvalue weighted by Crippen LogP contribution is 2.12. The van der Waals surface area contributed by atoms with Gasteiger partial charge in [-0.05, 0) is 25.0 Å². The Morgan fingerprint density at radius 3 is 2.82 bits per heavy atom. The molecule has 1 aliphatic heterocycles. The molecule has 1 aromatic heterocycles. The van der Waals surface area contributed by atoms with E-state index in [1.165, 1.54) is 5.57 Å². The summed E-state index contributed by atoms with van der Waals surface area (Å²) in [7, 11) is 0. The van der Waals surface area contributed by atoms with Gasteiger partial charge in [-0.2, -0.15) is 0 Å². The highest BCUT2D eigenvalue weighted by atomic mass is 16.2. The Morgan fingerprint density at radius 1 is 1.47 bits per heavy atom. The van der Waals surface area contributed by atoms with Crippen molar-refractivity contribution in [2.75, 3.05) is 13.1 Å². The summed E-state index contributed by atoms with van der Waals surface area (Å²) < 4.78 is 0. The van der Waals surface area contributed by atoms with Crippen molar-refractivity contribution in [2.24, 2.45) is 0 Å². The Labute approximate surface area is 101 Å². The van der Waals surface area contributed by atoms with E-state index in [-0.39, 0.29) is 5.91 Å². The normalized spacial score (nSPS) is 16.4. The summed E-state index contributed by atoms with van der Waals surface area (Å²) in [5, 5.41) is 1.95. The summed E-state index contributed by atoms with van der Waals surface area (Å²) in [5.74, 6) is -0.0688. The number of amides is 1. The molecule has 90 valence electrons. The molecule has 0 aliphatic carbocycles. The highest BCUT2D eigenvalue weighted by molar-refractivity contribution is 5.93. The minimum absolute atomic E-state index is 0.0688. The van der Waals surface area contributed by atoms with E-state index in [4.69, 9.17) is 0 Å². The average Bonchev–Trinajstić information content (AvgIpc) is 2.40. The van der Waals surface area contributed by atoms with Gasteiger partial charge in [0, 0.05) is 31.0 Å². The zero-order valence-electron chi connectivity index (χ0n) is 10.0. The van der Waals surface area contributed by atoms with Crippen LogP contribution in [-0.4, -0.2) is 29.0 Å². The third-order valence-corrected chi connectivity index (χ3v) is 2.96. The maximum atomic E-state index is 11.9. The Kier molecular flexibility index (Phi) is 3.88. The molecule has 1 aromatic rings. The first-order valence-corrected chi connectivity index (χ1v) is 5.93. The fourth-order valence-corrected chi connectivity index (χ4v) is 1.85. The van der Waals surface area contributed by atoms with E-state index in [1.807, 2.05) is 5.01 Å². The monoisotopic (exact) mass is 231 g/mol. The van der Waals surface area contributed by atoms with Crippen molar-refractivity contribution in [3.63, 3.8) is 0 Å². The molecule has 1 aliphatic rings. The lowest BCUT2D eigenvalue weighted by molar-refractivity contribution is 0.0801. The number of pyridine rings is 1. The number of carbonyl (C=O) groups is 1. The van der Waals surface area contributed by atoms with E-state index in [0.717, 1.165) is 25.9 Å². The number of carbonyl (C=O) groups excluding carboxylic acids is 1. The first-order valence-electron chi connectivity index (χ1n) is 5.93. The molecule has 0 aromatic carbocycles. The maximum Gasteiger partial charge on any atom is 0.265 e. The molecule has 4 nitrogen and oxygen atoms in total. The van der Waals surface area contributed by atoms with Crippen molar-refractivity contribution in [3.8, 4) is 0 Å². The fraction of sp³-hybridized carbons (Fsp3) is 0.385. The lowest BCUT2D eigenvalue weighted by atomic mass is 10.1. The number of hydrogen-bond acceptors (Lipinski definition) is 3. The number of rotatable bonds is 3. The first-order chi connectivity index (χ1) is 8.29. The highest BCUT2D eigenvalue weighted by Gasteiger charge is 2.13. The van der Waals surface area contributed by atoms with Gasteiger partial charge in [0.1, 0.15) is 0 Å². The van der Waals surface area contributed by atoms with Gasteiger partial charge in [-0.1, -0.05) is 18.6 Å². The van der Waals surface area contributed by atoms with Gasteiger partial charge >= 0.3 is 0 Å². The molecule has 1 amide bonds. The van der Waals surface area contributed by atoms with Crippen LogP contribution in [0, 0.1) is 0 Å². The molecular weight excluding hydrogens is 214 g/mol. The molecular formula is C13H17N3O. The SMILES string of the molecule is CCC1=CCN(NC(=O)c2ccncc2)CC1. The van der Waals surface area contributed by atoms with Gasteiger partial charge in [-0.25, -0.2) is 5.01 Å². The van der Waals surface area contributed by atoms with Crippen LogP contribution in [-0.2, 0) is 0 Å². The summed E-state index contributed by atoms with van der Waals surface area (Å²) >= 11 is 0. The van der Waals surface area contributed by atoms with E-state index in [9.17, 15) is 4.79 Å². The summed E-state index contributed by atoms with van der Waals surface area (Å²) in [6.07, 6.45) is 7.58. The average molecular weight is 231 g/mol. The largest absolute Gasteiger partial charge is 0.284 e. The van der Waals surface area contributed by atoms with Crippen LogP contribution < -0.4 is 5.43 Å². The lowest BCUT2D eigenvalue weighted by Gasteiger charge is -2.26. The van der Waals surface area contributed by atoms with Crippen LogP contribution in [0.1, 0.15) is 30.1 Å². The quantitative estimate of drug-likeness (QED) is 0.806. The second kappa shape index (κ2) is 5.59. The first kappa shape index (κ1) is 11.8. The molecule has 0 bridgehead atoms. The predicted molar refractivity (Wildman–Crippen MR) is 66.3 cm³/mol. The standard InChI is InChI=1S/C13H17N3O/c1-2-11-5-9-16(10-6-11)15-13(17)12-3-7-14-8-4-12/h3-5,7-8H,2,6,9-10H2,1H3,(H,15,17). The van der Waals surface area contributed by atoms with Crippen LogP contribution in [0.15, 0.2) is 36.2 Å². The molecule has 0 saturated heterocycles. The van der Waals surface area contributed by atoms with Crippen LogP contribution in [0.25, 0.3) is 0 Å². The molecule has 2 heterocycles. The van der Waals surface area contributed by atoms with E-state index in [2.05, 4.69) is 23.4 Å². The molecule has 2 rings (SSSR count). The van der Waals surface area contributed by atoms with Crippen LogP contribution in [0.5, 0.6) is 0 Å². The van der Waals surface area contributed by atoms with Crippen molar-refractivity contribution < 1.29 is 4.79 Å². The molecule has 4 heteroatoms. The van der Waals surface area contributed by atoms with Crippen molar-refractivity contribution in [1.29, 1.82) is 0 Å². The van der Waals surface area contributed by atoms with Crippen molar-refractivity contribution in [3.05, 3.63) is 41.7 Å². The molecule has 0 unspecified atom stereocenters. The number of nitrogens with one attached hydrogen (secondary N) is 1. The second-order valence-corrected chi connectivity index (χ2v) is 4.09. The number of aromatic nitrogens is 1. The van der Waals surface area contributed by atoms with Gasteiger partial charge in [-0.3, -0.25) is 15.2 Å². The summed E-state index contributed by atoms with van der Waals surface area (Å²) in [4.78, 5) is 15.8. The molecule has 1 N–H and O–H groups in total. The van der Waals surface area contributed by atoms with Gasteiger partial charge in [-0.15, -0.1) is 0 Å². The zero-order valence-corrected chi connectivity index (χ0v) is 10.0. The number of hydrazine groups is 1. The third kappa shape index (κ3) is 3.14. The van der Waals surface area contributed by atoms with Crippen LogP contribution in [0.4, 0.5) is 0 Å². The Bertz CT molecular complexity index is 414. The van der Waals surface area contributed by atoms with Crippen molar-refractivity contribution in [1.82, 2.24) is 15.4 Å². The van der Waals surface area contributed by atoms with Gasteiger partial charge in [0.15, 0.2) is 0 Å². The van der Waals surface area contributed by atoms with Crippen LogP contribution in [0.2, 0.25) is 0 Å². The molecule has 17 heavy (non-hydrogen) atoms. The molecule has 0 saturated carbocycles. The zero-order chi connectivity index (χ0) is 12.1. The summed E-state index contributed by atoms with van der Waals surface area (Å²) in [6.45, 7) is 3.84. The topological polar surface area (TPSA) is 45.2 Å². The van der Waals surface area contributed by atoms with Gasteiger partial charge in [0.25, 0.3) is 5.91 Å². The fourth-order valence-electron chi connectivity index (χ4n) is 1.85. The number of nitrogens with zero attached hydrogens (tertiary/aromatic N) is 2. The number of hydrogen-bond donors (Lipinski definition) is 1. The van der Waals surface area contributed by atoms with Crippen LogP contribution in [0.3, 0.4) is 0 Å². The van der Waals surface area contributed by atoms with E-state index < -0.39 is 0 Å². The minimum atomic E-state index is -0.0688. The second-order valence-electron chi connectivity index (χ2n) is 4.09. The summed E-state index contributed by atoms with van der Waals surface area (Å²) in [5.41, 5.74) is 5.02. The van der Waals surface area contributed by atoms with Crippen molar-refractivity contribution >= 4 is 5.91 Å². The Balaban J connectivity index is 1.91. The molecule has 0 fully saturated rings. The molecule has 0 radical (unpaired) electrons. The van der Waals surface area contributed by atoms with E-state index in [0.29, 0.717) is 5.56 Å². The summed E-state index contributed by atoms with van der Waals surface area (Å²) in [6, 6.07) is 3.43. The van der Waals surface area contributed by atoms with Gasteiger partial charge in [0.05, 0.1) is 0 Å². The predicted octanol–water partition coefficient (Wildman–Crippen LogP) is 1.77. The van der Waals surface area contributed by atoms with Crippen molar-refractivity contribution in [2.45, 2.75) is 19.8 Å². The smallest absolute Gasteiger partial charge is 0.265 e. The third-order valence-electron chi connectivity index (χ3n) is 2.96. The van der Waals surface area contributed by atoms with Gasteiger partial charge in [0.2, 0.25) is 0 Å². The molecule has 0 spiro atoms. The van der Waals surface area contributed by atoms with E-state index in [1.54, 1.807) is 24.5 Å².